The Kier molecular flexibility index (Phi) is 6.43. The third-order valence-corrected chi connectivity index (χ3v) is 3.61. The number of hydrogen-bond donors (Lipinski definition) is 3. The van der Waals surface area contributed by atoms with Gasteiger partial charge in [-0.2, -0.15) is 0 Å². The molecule has 0 spiro atoms. The Labute approximate surface area is 159 Å². The maximum atomic E-state index is 12.1. The van der Waals surface area contributed by atoms with Gasteiger partial charge < -0.3 is 21.1 Å². The lowest BCUT2D eigenvalue weighted by molar-refractivity contribution is -0.123. The Morgan fingerprint density at radius 3 is 2.08 bits per heavy atom. The van der Waals surface area contributed by atoms with E-state index in [2.05, 4.69) is 10.6 Å². The molecular weight excluding hydrogens is 381 g/mol. The van der Waals surface area contributed by atoms with Crippen molar-refractivity contribution in [2.24, 2.45) is 5.73 Å². The van der Waals surface area contributed by atoms with Crippen molar-refractivity contribution in [3.05, 3.63) is 58.1 Å². The molecule has 0 heterocycles. The fourth-order valence-corrected chi connectivity index (χ4v) is 2.51. The summed E-state index contributed by atoms with van der Waals surface area (Å²) in [5.74, 6) is -1.23. The van der Waals surface area contributed by atoms with Crippen molar-refractivity contribution in [2.45, 2.75) is 13.0 Å². The molecule has 9 heteroatoms. The predicted molar refractivity (Wildman–Crippen MR) is 99.6 cm³/mol. The van der Waals surface area contributed by atoms with Gasteiger partial charge in [-0.25, -0.2) is 9.59 Å². The van der Waals surface area contributed by atoms with Crippen LogP contribution in [0.4, 0.5) is 16.2 Å². The number of esters is 1. The zero-order valence-corrected chi connectivity index (χ0v) is 15.1. The summed E-state index contributed by atoms with van der Waals surface area (Å²) >= 11 is 11.7. The number of ether oxygens (including phenoxy) is 1. The highest BCUT2D eigenvalue weighted by molar-refractivity contribution is 6.35. The number of amides is 3. The average molecular weight is 396 g/mol. The molecule has 0 aliphatic heterocycles. The second-order valence-corrected chi connectivity index (χ2v) is 6.13. The standard InChI is InChI=1S/C17H15Cl2N3O4/c1-9(15(23)21-14-7-11(18)6-12(19)8-14)26-16(24)10-2-4-13(5-3-10)22-17(20)25/h2-9H,1H3,(H,21,23)(H3,20,22,25)/t9-/m1/s1. The monoisotopic (exact) mass is 395 g/mol. The molecule has 26 heavy (non-hydrogen) atoms. The van der Waals surface area contributed by atoms with Crippen molar-refractivity contribution in [3.8, 4) is 0 Å². The summed E-state index contributed by atoms with van der Waals surface area (Å²) in [6.45, 7) is 1.43. The van der Waals surface area contributed by atoms with Crippen LogP contribution in [0.5, 0.6) is 0 Å². The van der Waals surface area contributed by atoms with E-state index in [-0.39, 0.29) is 5.56 Å². The van der Waals surface area contributed by atoms with Gasteiger partial charge in [-0.3, -0.25) is 4.79 Å². The van der Waals surface area contributed by atoms with Gasteiger partial charge in [0.25, 0.3) is 5.91 Å². The highest BCUT2D eigenvalue weighted by Gasteiger charge is 2.19. The lowest BCUT2D eigenvalue weighted by atomic mass is 10.2. The van der Waals surface area contributed by atoms with E-state index >= 15 is 0 Å². The first kappa shape index (κ1) is 19.6. The molecule has 0 aliphatic rings. The minimum Gasteiger partial charge on any atom is -0.449 e. The molecule has 2 aromatic carbocycles. The highest BCUT2D eigenvalue weighted by Crippen LogP contribution is 2.22. The van der Waals surface area contributed by atoms with Gasteiger partial charge in [0.1, 0.15) is 0 Å². The van der Waals surface area contributed by atoms with E-state index < -0.39 is 24.0 Å². The highest BCUT2D eigenvalue weighted by atomic mass is 35.5. The molecule has 0 aliphatic carbocycles. The van der Waals surface area contributed by atoms with Crippen LogP contribution in [0.3, 0.4) is 0 Å². The lowest BCUT2D eigenvalue weighted by Crippen LogP contribution is -2.30. The molecule has 0 aromatic heterocycles. The number of hydrogen-bond acceptors (Lipinski definition) is 4. The Morgan fingerprint density at radius 2 is 1.54 bits per heavy atom. The van der Waals surface area contributed by atoms with E-state index in [1.54, 1.807) is 0 Å². The summed E-state index contributed by atoms with van der Waals surface area (Å²) in [5, 5.41) is 5.66. The average Bonchev–Trinajstić information content (AvgIpc) is 2.53. The van der Waals surface area contributed by atoms with Gasteiger partial charge >= 0.3 is 12.0 Å². The van der Waals surface area contributed by atoms with E-state index in [0.717, 1.165) is 0 Å². The van der Waals surface area contributed by atoms with Gasteiger partial charge in [0.2, 0.25) is 0 Å². The minimum atomic E-state index is -1.05. The van der Waals surface area contributed by atoms with Crippen LogP contribution in [0, 0.1) is 0 Å². The van der Waals surface area contributed by atoms with Crippen molar-refractivity contribution in [3.63, 3.8) is 0 Å². The first-order valence-electron chi connectivity index (χ1n) is 7.39. The lowest BCUT2D eigenvalue weighted by Gasteiger charge is -2.14. The van der Waals surface area contributed by atoms with Crippen molar-refractivity contribution in [1.82, 2.24) is 0 Å². The largest absolute Gasteiger partial charge is 0.449 e. The fourth-order valence-electron chi connectivity index (χ4n) is 1.98. The number of carbonyl (C=O) groups is 3. The van der Waals surface area contributed by atoms with Crippen molar-refractivity contribution < 1.29 is 19.1 Å². The van der Waals surface area contributed by atoms with Crippen LogP contribution in [0.25, 0.3) is 0 Å². The third-order valence-electron chi connectivity index (χ3n) is 3.17. The number of primary amides is 1. The van der Waals surface area contributed by atoms with E-state index in [1.807, 2.05) is 0 Å². The minimum absolute atomic E-state index is 0.213. The summed E-state index contributed by atoms with van der Waals surface area (Å²) in [7, 11) is 0. The normalized spacial score (nSPS) is 11.3. The maximum Gasteiger partial charge on any atom is 0.338 e. The number of benzene rings is 2. The van der Waals surface area contributed by atoms with Crippen molar-refractivity contribution in [1.29, 1.82) is 0 Å². The second kappa shape index (κ2) is 8.55. The number of carbonyl (C=O) groups excluding carboxylic acids is 3. The maximum absolute atomic E-state index is 12.1. The summed E-state index contributed by atoms with van der Waals surface area (Å²) in [5.41, 5.74) is 6.03. The van der Waals surface area contributed by atoms with E-state index in [1.165, 1.54) is 49.4 Å². The number of nitrogens with one attached hydrogen (secondary N) is 2. The SMILES string of the molecule is C[C@@H](OC(=O)c1ccc(NC(N)=O)cc1)C(=O)Nc1cc(Cl)cc(Cl)c1. The second-order valence-electron chi connectivity index (χ2n) is 5.26. The predicted octanol–water partition coefficient (Wildman–Crippen LogP) is 3.67. The molecule has 7 nitrogen and oxygen atoms in total. The van der Waals surface area contributed by atoms with Gasteiger partial charge in [0.15, 0.2) is 6.10 Å². The molecule has 0 bridgehead atoms. The summed E-state index contributed by atoms with van der Waals surface area (Å²) < 4.78 is 5.12. The zero-order chi connectivity index (χ0) is 19.3. The molecule has 0 saturated heterocycles. The summed E-state index contributed by atoms with van der Waals surface area (Å²) in [6, 6.07) is 9.70. The summed E-state index contributed by atoms with van der Waals surface area (Å²) in [6.07, 6.45) is -1.05. The van der Waals surface area contributed by atoms with Crippen LogP contribution in [0.2, 0.25) is 10.0 Å². The van der Waals surface area contributed by atoms with Crippen LogP contribution in [0.1, 0.15) is 17.3 Å². The number of anilines is 2. The number of halogens is 2. The fraction of sp³-hybridized carbons (Fsp3) is 0.118. The van der Waals surface area contributed by atoms with Gasteiger partial charge in [-0.1, -0.05) is 23.2 Å². The molecule has 0 radical (unpaired) electrons. The van der Waals surface area contributed by atoms with E-state index in [9.17, 15) is 14.4 Å². The summed E-state index contributed by atoms with van der Waals surface area (Å²) in [4.78, 5) is 35.0. The Bertz CT molecular complexity index is 820. The third kappa shape index (κ3) is 5.65. The van der Waals surface area contributed by atoms with Crippen LogP contribution in [0.15, 0.2) is 42.5 Å². The van der Waals surface area contributed by atoms with E-state index in [0.29, 0.717) is 21.4 Å². The smallest absolute Gasteiger partial charge is 0.338 e. The van der Waals surface area contributed by atoms with Gasteiger partial charge in [-0.05, 0) is 49.4 Å². The first-order chi connectivity index (χ1) is 12.2. The Balaban J connectivity index is 1.97. The quantitative estimate of drug-likeness (QED) is 0.670. The van der Waals surface area contributed by atoms with Crippen LogP contribution in [-0.2, 0) is 9.53 Å². The van der Waals surface area contributed by atoms with Gasteiger partial charge in [0.05, 0.1) is 5.56 Å². The van der Waals surface area contributed by atoms with Gasteiger partial charge in [0, 0.05) is 21.4 Å². The van der Waals surface area contributed by atoms with Crippen molar-refractivity contribution >= 4 is 52.5 Å². The molecule has 4 N–H and O–H groups in total. The Morgan fingerprint density at radius 1 is 0.962 bits per heavy atom. The van der Waals surface area contributed by atoms with Crippen molar-refractivity contribution in [2.75, 3.05) is 10.6 Å². The molecule has 2 aromatic rings. The molecule has 136 valence electrons. The number of nitrogens with two attached hydrogens (primary N) is 1. The van der Waals surface area contributed by atoms with Crippen LogP contribution in [-0.4, -0.2) is 24.0 Å². The molecule has 1 atom stereocenters. The Hall–Kier alpha value is -2.77. The molecular formula is C17H15Cl2N3O4. The van der Waals surface area contributed by atoms with E-state index in [4.69, 9.17) is 33.7 Å². The molecule has 0 saturated carbocycles. The number of rotatable bonds is 5. The molecule has 0 unspecified atom stereocenters. The van der Waals surface area contributed by atoms with Gasteiger partial charge in [-0.15, -0.1) is 0 Å². The van der Waals surface area contributed by atoms with Crippen LogP contribution >= 0.6 is 23.2 Å². The van der Waals surface area contributed by atoms with Crippen LogP contribution < -0.4 is 16.4 Å². The number of urea groups is 1. The molecule has 0 fully saturated rings. The topological polar surface area (TPSA) is 111 Å². The molecule has 3 amide bonds. The molecule has 2 rings (SSSR count). The first-order valence-corrected chi connectivity index (χ1v) is 8.14. The zero-order valence-electron chi connectivity index (χ0n) is 13.6.